The molecule has 0 N–H and O–H groups in total. The van der Waals surface area contributed by atoms with Crippen LogP contribution in [0.25, 0.3) is 4.91 Å². The Morgan fingerprint density at radius 3 is 3.00 bits per heavy atom. The first-order valence-electron chi connectivity index (χ1n) is 3.75. The van der Waals surface area contributed by atoms with Gasteiger partial charge in [0, 0.05) is 26.7 Å². The predicted molar refractivity (Wildman–Crippen MR) is 62.3 cm³/mol. The largest absolute Gasteiger partial charge is 0.256 e. The normalized spacial score (nSPS) is 16.1. The Labute approximate surface area is 91.2 Å². The monoisotopic (exact) mass is 227 g/mol. The van der Waals surface area contributed by atoms with Crippen molar-refractivity contribution in [2.24, 2.45) is 0 Å². The first kappa shape index (κ1) is 9.19. The molecule has 66 valence electrons. The van der Waals surface area contributed by atoms with Gasteiger partial charge in [0.15, 0.2) is 0 Å². The van der Waals surface area contributed by atoms with E-state index < -0.39 is 0 Å². The summed E-state index contributed by atoms with van der Waals surface area (Å²) in [6, 6.07) is 3.62. The molecule has 1 aliphatic heterocycles. The minimum Gasteiger partial charge on any atom is -0.256 e. The van der Waals surface area contributed by atoms with Crippen LogP contribution in [0, 0.1) is 0 Å². The summed E-state index contributed by atoms with van der Waals surface area (Å²) in [4.78, 5) is 6.31. The summed E-state index contributed by atoms with van der Waals surface area (Å²) < 4.78 is 0. The SMILES string of the molecule is S=C1C=C(c2cc(Cl)ccn2)SC1. The van der Waals surface area contributed by atoms with Crippen molar-refractivity contribution in [2.45, 2.75) is 0 Å². The molecule has 0 fully saturated rings. The maximum Gasteiger partial charge on any atom is 0.0780 e. The standard InChI is InChI=1S/C9H6ClNS2/c10-6-1-2-11-8(3-6)9-4-7(12)5-13-9/h1-4H,5H2. The molecule has 0 spiro atoms. The second-order valence-corrected chi connectivity index (χ2v) is 4.60. The molecule has 13 heavy (non-hydrogen) atoms. The van der Waals surface area contributed by atoms with Crippen LogP contribution in [-0.2, 0) is 0 Å². The predicted octanol–water partition coefficient (Wildman–Crippen LogP) is 3.19. The Kier molecular flexibility index (Phi) is 2.67. The number of aromatic nitrogens is 1. The molecule has 4 heteroatoms. The number of thioether (sulfide) groups is 1. The van der Waals surface area contributed by atoms with Crippen LogP contribution in [0.15, 0.2) is 24.4 Å². The molecular weight excluding hydrogens is 222 g/mol. The van der Waals surface area contributed by atoms with Crippen LogP contribution in [-0.4, -0.2) is 15.6 Å². The number of hydrogen-bond donors (Lipinski definition) is 0. The highest BCUT2D eigenvalue weighted by molar-refractivity contribution is 8.10. The topological polar surface area (TPSA) is 12.9 Å². The van der Waals surface area contributed by atoms with Crippen LogP contribution in [0.4, 0.5) is 0 Å². The lowest BCUT2D eigenvalue weighted by Gasteiger charge is -1.99. The number of halogens is 1. The van der Waals surface area contributed by atoms with Crippen molar-refractivity contribution in [2.75, 3.05) is 5.75 Å². The van der Waals surface area contributed by atoms with Crippen molar-refractivity contribution in [3.8, 4) is 0 Å². The molecule has 0 radical (unpaired) electrons. The summed E-state index contributed by atoms with van der Waals surface area (Å²) in [7, 11) is 0. The van der Waals surface area contributed by atoms with E-state index in [0.717, 1.165) is 21.2 Å². The molecule has 0 saturated heterocycles. The van der Waals surface area contributed by atoms with Crippen LogP contribution in [0.1, 0.15) is 5.69 Å². The van der Waals surface area contributed by atoms with E-state index in [-0.39, 0.29) is 0 Å². The van der Waals surface area contributed by atoms with Crippen molar-refractivity contribution in [3.63, 3.8) is 0 Å². The summed E-state index contributed by atoms with van der Waals surface area (Å²) in [5.74, 6) is 0.888. The zero-order valence-electron chi connectivity index (χ0n) is 6.66. The third-order valence-electron chi connectivity index (χ3n) is 1.64. The zero-order valence-corrected chi connectivity index (χ0v) is 9.05. The van der Waals surface area contributed by atoms with Gasteiger partial charge in [-0.25, -0.2) is 0 Å². The number of hydrogen-bond acceptors (Lipinski definition) is 3. The van der Waals surface area contributed by atoms with Crippen molar-refractivity contribution >= 4 is 45.4 Å². The van der Waals surface area contributed by atoms with Crippen LogP contribution >= 0.6 is 35.6 Å². The summed E-state index contributed by atoms with van der Waals surface area (Å²) in [6.45, 7) is 0. The molecule has 1 nitrogen and oxygen atoms in total. The Balaban J connectivity index is 2.36. The van der Waals surface area contributed by atoms with Gasteiger partial charge >= 0.3 is 0 Å². The van der Waals surface area contributed by atoms with Crippen LogP contribution in [0.2, 0.25) is 5.02 Å². The number of thiocarbonyl (C=S) groups is 1. The summed E-state index contributed by atoms with van der Waals surface area (Å²) in [5, 5.41) is 0.712. The van der Waals surface area contributed by atoms with Gasteiger partial charge in [-0.1, -0.05) is 23.8 Å². The smallest absolute Gasteiger partial charge is 0.0780 e. The number of nitrogens with zero attached hydrogens (tertiary/aromatic N) is 1. The zero-order chi connectivity index (χ0) is 9.26. The lowest BCUT2D eigenvalue weighted by Crippen LogP contribution is -1.83. The molecule has 0 saturated carbocycles. The van der Waals surface area contributed by atoms with E-state index in [1.807, 2.05) is 12.1 Å². The first-order valence-corrected chi connectivity index (χ1v) is 5.52. The van der Waals surface area contributed by atoms with Gasteiger partial charge < -0.3 is 0 Å². The van der Waals surface area contributed by atoms with Gasteiger partial charge in [0.1, 0.15) is 0 Å². The fraction of sp³-hybridized carbons (Fsp3) is 0.111. The van der Waals surface area contributed by atoms with Gasteiger partial charge in [-0.2, -0.15) is 0 Å². The van der Waals surface area contributed by atoms with Crippen LogP contribution in [0.3, 0.4) is 0 Å². The molecule has 2 heterocycles. The molecule has 0 aromatic carbocycles. The van der Waals surface area contributed by atoms with Crippen LogP contribution in [0.5, 0.6) is 0 Å². The van der Waals surface area contributed by atoms with E-state index in [0.29, 0.717) is 5.02 Å². The van der Waals surface area contributed by atoms with Gasteiger partial charge in [-0.15, -0.1) is 11.8 Å². The van der Waals surface area contributed by atoms with E-state index >= 15 is 0 Å². The second-order valence-electron chi connectivity index (χ2n) is 2.62. The van der Waals surface area contributed by atoms with Crippen molar-refractivity contribution in [1.82, 2.24) is 4.98 Å². The minimum absolute atomic E-state index is 0.712. The van der Waals surface area contributed by atoms with Crippen molar-refractivity contribution < 1.29 is 0 Å². The lowest BCUT2D eigenvalue weighted by atomic mass is 10.3. The average molecular weight is 228 g/mol. The molecule has 0 amide bonds. The van der Waals surface area contributed by atoms with E-state index in [9.17, 15) is 0 Å². The molecule has 2 rings (SSSR count). The van der Waals surface area contributed by atoms with Gasteiger partial charge in [-0.3, -0.25) is 4.98 Å². The van der Waals surface area contributed by atoms with Gasteiger partial charge in [0.05, 0.1) is 5.69 Å². The maximum atomic E-state index is 5.85. The summed E-state index contributed by atoms with van der Waals surface area (Å²) in [5.41, 5.74) is 0.914. The fourth-order valence-corrected chi connectivity index (χ4v) is 2.46. The lowest BCUT2D eigenvalue weighted by molar-refractivity contribution is 1.29. The first-order chi connectivity index (χ1) is 6.25. The quantitative estimate of drug-likeness (QED) is 0.684. The second kappa shape index (κ2) is 3.78. The van der Waals surface area contributed by atoms with E-state index in [1.54, 1.807) is 24.0 Å². The summed E-state index contributed by atoms with van der Waals surface area (Å²) in [6.07, 6.45) is 3.69. The molecule has 1 aromatic rings. The van der Waals surface area contributed by atoms with E-state index in [2.05, 4.69) is 4.98 Å². The fourth-order valence-electron chi connectivity index (χ4n) is 1.07. The Morgan fingerprint density at radius 1 is 1.54 bits per heavy atom. The highest BCUT2D eigenvalue weighted by Gasteiger charge is 2.12. The number of allylic oxidation sites excluding steroid dienone is 1. The van der Waals surface area contributed by atoms with Gasteiger partial charge in [0.25, 0.3) is 0 Å². The van der Waals surface area contributed by atoms with Gasteiger partial charge in [0.2, 0.25) is 0 Å². The van der Waals surface area contributed by atoms with E-state index in [1.165, 1.54) is 0 Å². The molecule has 1 aromatic heterocycles. The Hall–Kier alpha value is -0.380. The molecule has 0 aliphatic carbocycles. The summed E-state index contributed by atoms with van der Waals surface area (Å²) >= 11 is 12.6. The highest BCUT2D eigenvalue weighted by atomic mass is 35.5. The molecule has 1 aliphatic rings. The Bertz CT molecular complexity index is 387. The van der Waals surface area contributed by atoms with Crippen LogP contribution < -0.4 is 0 Å². The molecule has 0 atom stereocenters. The van der Waals surface area contributed by atoms with Crippen molar-refractivity contribution in [3.05, 3.63) is 35.1 Å². The Morgan fingerprint density at radius 2 is 2.38 bits per heavy atom. The molecular formula is C9H6ClNS2. The minimum atomic E-state index is 0.712. The van der Waals surface area contributed by atoms with Crippen molar-refractivity contribution in [1.29, 1.82) is 0 Å². The molecule has 0 unspecified atom stereocenters. The molecule has 0 bridgehead atoms. The number of rotatable bonds is 1. The van der Waals surface area contributed by atoms with Gasteiger partial charge in [-0.05, 0) is 18.2 Å². The maximum absolute atomic E-state index is 5.85. The highest BCUT2D eigenvalue weighted by Crippen LogP contribution is 2.32. The average Bonchev–Trinajstić information content (AvgIpc) is 2.52. The van der Waals surface area contributed by atoms with E-state index in [4.69, 9.17) is 23.8 Å². The third-order valence-corrected chi connectivity index (χ3v) is 3.41. The third kappa shape index (κ3) is 2.10. The number of pyridine rings is 1.